The minimum absolute atomic E-state index is 0.0472. The lowest BCUT2D eigenvalue weighted by Crippen LogP contribution is -2.03. The fourth-order valence-corrected chi connectivity index (χ4v) is 2.14. The van der Waals surface area contributed by atoms with Gasteiger partial charge in [-0.25, -0.2) is 0 Å². The Hall–Kier alpha value is 0.0500. The van der Waals surface area contributed by atoms with Gasteiger partial charge >= 0.3 is 5.97 Å². The molecule has 0 aliphatic heterocycles. The largest absolute Gasteiger partial charge is 0.449 e. The Labute approximate surface area is 115 Å². The summed E-state index contributed by atoms with van der Waals surface area (Å²) >= 11 is 11.5. The molecule has 0 heterocycles. The van der Waals surface area contributed by atoms with Gasteiger partial charge in [0.2, 0.25) is 0 Å². The number of hydrogen-bond donors (Lipinski definition) is 0. The minimum Gasteiger partial charge on any atom is -0.449 e. The van der Waals surface area contributed by atoms with Gasteiger partial charge in [0, 0.05) is 11.8 Å². The predicted molar refractivity (Wildman–Crippen MR) is 73.7 cm³/mol. The lowest BCUT2D eigenvalue weighted by atomic mass is 10.1. The van der Waals surface area contributed by atoms with Crippen LogP contribution in [0.1, 0.15) is 64.7 Å². The van der Waals surface area contributed by atoms with E-state index in [1.54, 1.807) is 0 Å². The highest BCUT2D eigenvalue weighted by atomic mass is 35.5. The SMILES string of the molecule is CCCCCCC(Cl)CCCCC(=O)OCCl. The molecule has 0 N–H and O–H groups in total. The Morgan fingerprint density at radius 3 is 2.35 bits per heavy atom. The number of alkyl halides is 2. The first-order chi connectivity index (χ1) is 8.20. The Morgan fingerprint density at radius 2 is 1.76 bits per heavy atom. The van der Waals surface area contributed by atoms with Crippen LogP contribution < -0.4 is 0 Å². The van der Waals surface area contributed by atoms with Crippen molar-refractivity contribution >= 4 is 29.2 Å². The van der Waals surface area contributed by atoms with Gasteiger partial charge in [-0.1, -0.05) is 50.6 Å². The van der Waals surface area contributed by atoms with Gasteiger partial charge in [0.1, 0.15) is 0 Å². The fraction of sp³-hybridized carbons (Fsp3) is 0.923. The molecule has 2 nitrogen and oxygen atoms in total. The molecule has 0 radical (unpaired) electrons. The van der Waals surface area contributed by atoms with Crippen LogP contribution >= 0.6 is 23.2 Å². The van der Waals surface area contributed by atoms with Crippen molar-refractivity contribution in [2.45, 2.75) is 70.1 Å². The predicted octanol–water partition coefficient (Wildman–Crippen LogP) is 4.86. The van der Waals surface area contributed by atoms with E-state index in [-0.39, 0.29) is 17.4 Å². The van der Waals surface area contributed by atoms with Crippen molar-refractivity contribution in [1.29, 1.82) is 0 Å². The van der Waals surface area contributed by atoms with Crippen molar-refractivity contribution in [3.05, 3.63) is 0 Å². The van der Waals surface area contributed by atoms with Crippen LogP contribution in [0.3, 0.4) is 0 Å². The van der Waals surface area contributed by atoms with Crippen LogP contribution in [-0.4, -0.2) is 17.4 Å². The second-order valence-corrected chi connectivity index (χ2v) is 5.15. The van der Waals surface area contributed by atoms with Crippen molar-refractivity contribution in [3.63, 3.8) is 0 Å². The van der Waals surface area contributed by atoms with E-state index in [2.05, 4.69) is 11.7 Å². The molecule has 0 amide bonds. The quantitative estimate of drug-likeness (QED) is 0.307. The van der Waals surface area contributed by atoms with E-state index in [0.29, 0.717) is 6.42 Å². The second kappa shape index (κ2) is 12.5. The molecule has 17 heavy (non-hydrogen) atoms. The van der Waals surface area contributed by atoms with Crippen LogP contribution in [0.4, 0.5) is 0 Å². The highest BCUT2D eigenvalue weighted by Crippen LogP contribution is 2.16. The number of halogens is 2. The van der Waals surface area contributed by atoms with Crippen LogP contribution in [0.15, 0.2) is 0 Å². The van der Waals surface area contributed by atoms with E-state index in [4.69, 9.17) is 23.2 Å². The third-order valence-corrected chi connectivity index (χ3v) is 3.28. The van der Waals surface area contributed by atoms with Gasteiger partial charge < -0.3 is 4.74 Å². The molecule has 0 fully saturated rings. The number of hydrogen-bond acceptors (Lipinski definition) is 2. The molecule has 0 saturated carbocycles. The number of esters is 1. The summed E-state index contributed by atoms with van der Waals surface area (Å²) in [7, 11) is 0. The van der Waals surface area contributed by atoms with Crippen LogP contribution in [0.25, 0.3) is 0 Å². The monoisotopic (exact) mass is 282 g/mol. The van der Waals surface area contributed by atoms with Gasteiger partial charge in [-0.3, -0.25) is 4.79 Å². The van der Waals surface area contributed by atoms with Crippen molar-refractivity contribution in [2.75, 3.05) is 6.07 Å². The summed E-state index contributed by atoms with van der Waals surface area (Å²) in [6.45, 7) is 2.21. The summed E-state index contributed by atoms with van der Waals surface area (Å²) in [6, 6.07) is -0.0472. The molecule has 0 aromatic heterocycles. The van der Waals surface area contributed by atoms with Crippen molar-refractivity contribution in [2.24, 2.45) is 0 Å². The molecular weight excluding hydrogens is 259 g/mol. The molecule has 0 bridgehead atoms. The molecule has 0 aromatic carbocycles. The molecule has 0 rings (SSSR count). The van der Waals surface area contributed by atoms with Gasteiger partial charge in [-0.15, -0.1) is 11.6 Å². The first-order valence-corrected chi connectivity index (χ1v) is 7.53. The molecule has 1 atom stereocenters. The van der Waals surface area contributed by atoms with Gasteiger partial charge in [0.25, 0.3) is 0 Å². The number of rotatable bonds is 11. The highest BCUT2D eigenvalue weighted by Gasteiger charge is 2.06. The molecule has 0 aromatic rings. The maximum Gasteiger partial charge on any atom is 0.306 e. The number of carbonyl (C=O) groups excluding carboxylic acids is 1. The molecule has 0 aliphatic carbocycles. The van der Waals surface area contributed by atoms with Crippen molar-refractivity contribution in [1.82, 2.24) is 0 Å². The van der Waals surface area contributed by atoms with Crippen molar-refractivity contribution < 1.29 is 9.53 Å². The first kappa shape index (κ1) is 17.1. The summed E-state index contributed by atoms with van der Waals surface area (Å²) in [4.78, 5) is 11.0. The number of carbonyl (C=O) groups is 1. The maximum atomic E-state index is 11.0. The number of ether oxygens (including phenoxy) is 1. The van der Waals surface area contributed by atoms with Gasteiger partial charge in [-0.2, -0.15) is 0 Å². The Morgan fingerprint density at radius 1 is 1.12 bits per heavy atom. The van der Waals surface area contributed by atoms with Crippen LogP contribution in [0, 0.1) is 0 Å². The Kier molecular flexibility index (Phi) is 12.5. The zero-order valence-corrected chi connectivity index (χ0v) is 12.2. The molecule has 1 unspecified atom stereocenters. The summed E-state index contributed by atoms with van der Waals surface area (Å²) in [5, 5.41) is 0.260. The van der Waals surface area contributed by atoms with E-state index in [1.807, 2.05) is 0 Å². The van der Waals surface area contributed by atoms with Gasteiger partial charge in [0.15, 0.2) is 6.07 Å². The van der Waals surface area contributed by atoms with Crippen molar-refractivity contribution in [3.8, 4) is 0 Å². The van der Waals surface area contributed by atoms with Crippen LogP contribution in [0.2, 0.25) is 0 Å². The van der Waals surface area contributed by atoms with E-state index in [0.717, 1.165) is 25.7 Å². The van der Waals surface area contributed by atoms with Gasteiger partial charge in [-0.05, 0) is 19.3 Å². The van der Waals surface area contributed by atoms with Crippen LogP contribution in [0.5, 0.6) is 0 Å². The molecule has 102 valence electrons. The number of unbranched alkanes of at least 4 members (excludes halogenated alkanes) is 4. The lowest BCUT2D eigenvalue weighted by molar-refractivity contribution is -0.141. The van der Waals surface area contributed by atoms with Gasteiger partial charge in [0.05, 0.1) is 0 Å². The highest BCUT2D eigenvalue weighted by molar-refractivity contribution is 6.20. The fourth-order valence-electron chi connectivity index (χ4n) is 1.71. The first-order valence-electron chi connectivity index (χ1n) is 6.56. The molecule has 0 spiro atoms. The molecule has 0 saturated heterocycles. The normalized spacial score (nSPS) is 12.4. The second-order valence-electron chi connectivity index (χ2n) is 4.32. The molecule has 4 heteroatoms. The standard InChI is InChI=1S/C13H24Cl2O2/c1-2-3-4-5-8-12(15)9-6-7-10-13(16)17-11-14/h12H,2-11H2,1H3. The third kappa shape index (κ3) is 12.3. The summed E-state index contributed by atoms with van der Waals surface area (Å²) in [5.74, 6) is -0.214. The molecule has 0 aliphatic rings. The van der Waals surface area contributed by atoms with Crippen LogP contribution in [-0.2, 0) is 9.53 Å². The topological polar surface area (TPSA) is 26.3 Å². The average molecular weight is 283 g/mol. The Bertz CT molecular complexity index is 186. The smallest absolute Gasteiger partial charge is 0.306 e. The average Bonchev–Trinajstić information content (AvgIpc) is 2.31. The Balaban J connectivity index is 3.26. The third-order valence-electron chi connectivity index (χ3n) is 2.73. The van der Waals surface area contributed by atoms with E-state index < -0.39 is 0 Å². The molecular formula is C13H24Cl2O2. The summed E-state index contributed by atoms with van der Waals surface area (Å²) < 4.78 is 4.63. The lowest BCUT2D eigenvalue weighted by Gasteiger charge is -2.08. The van der Waals surface area contributed by atoms with E-state index in [9.17, 15) is 4.79 Å². The summed E-state index contributed by atoms with van der Waals surface area (Å²) in [5.41, 5.74) is 0. The van der Waals surface area contributed by atoms with E-state index in [1.165, 1.54) is 25.7 Å². The zero-order chi connectivity index (χ0) is 12.9. The van der Waals surface area contributed by atoms with E-state index >= 15 is 0 Å². The maximum absolute atomic E-state index is 11.0. The minimum atomic E-state index is -0.214. The summed E-state index contributed by atoms with van der Waals surface area (Å²) in [6.07, 6.45) is 9.41. The zero-order valence-electron chi connectivity index (χ0n) is 10.7.